The number of anilines is 2. The van der Waals surface area contributed by atoms with Gasteiger partial charge in [0.15, 0.2) is 5.13 Å². The number of benzene rings is 1. The van der Waals surface area contributed by atoms with Crippen molar-refractivity contribution in [3.63, 3.8) is 0 Å². The molecule has 0 radical (unpaired) electrons. The lowest BCUT2D eigenvalue weighted by Gasteiger charge is -2.02. The molecular formula is C10H10ClN3S2. The normalized spacial score (nSPS) is 10.6. The molecule has 0 aliphatic carbocycles. The molecule has 6 heteroatoms. The van der Waals surface area contributed by atoms with Crippen LogP contribution in [0.25, 0.3) is 0 Å². The minimum absolute atomic E-state index is 0.586. The third-order valence-corrected chi connectivity index (χ3v) is 4.01. The largest absolute Gasteiger partial charge is 0.398 e. The van der Waals surface area contributed by atoms with Crippen LogP contribution in [-0.2, 0) is 5.75 Å². The summed E-state index contributed by atoms with van der Waals surface area (Å²) in [5, 5.41) is 3.15. The first-order valence-corrected chi connectivity index (χ1v) is 6.77. The molecule has 1 aromatic heterocycles. The highest BCUT2D eigenvalue weighted by Gasteiger charge is 2.02. The molecule has 2 rings (SSSR count). The molecule has 0 atom stereocenters. The van der Waals surface area contributed by atoms with Crippen LogP contribution in [0.4, 0.5) is 10.8 Å². The number of halogens is 1. The lowest BCUT2D eigenvalue weighted by molar-refractivity contribution is 1.24. The summed E-state index contributed by atoms with van der Waals surface area (Å²) in [4.78, 5) is 5.26. The van der Waals surface area contributed by atoms with E-state index in [1.807, 2.05) is 17.5 Å². The van der Waals surface area contributed by atoms with E-state index in [9.17, 15) is 0 Å². The van der Waals surface area contributed by atoms with E-state index in [0.29, 0.717) is 15.8 Å². The molecule has 1 heterocycles. The van der Waals surface area contributed by atoms with E-state index in [-0.39, 0.29) is 0 Å². The summed E-state index contributed by atoms with van der Waals surface area (Å²) in [6, 6.07) is 5.61. The second kappa shape index (κ2) is 4.95. The molecule has 16 heavy (non-hydrogen) atoms. The number of thioether (sulfide) groups is 1. The molecule has 2 aromatic rings. The van der Waals surface area contributed by atoms with Crippen molar-refractivity contribution in [3.8, 4) is 0 Å². The Balaban J connectivity index is 2.02. The Hall–Kier alpha value is -0.910. The van der Waals surface area contributed by atoms with Gasteiger partial charge in [-0.05, 0) is 18.2 Å². The molecule has 0 aliphatic rings. The Morgan fingerprint density at radius 2 is 2.19 bits per heavy atom. The Labute approximate surface area is 107 Å². The molecule has 0 aliphatic heterocycles. The monoisotopic (exact) mass is 271 g/mol. The molecular weight excluding hydrogens is 262 g/mol. The molecule has 1 aromatic carbocycles. The van der Waals surface area contributed by atoms with Gasteiger partial charge in [0.05, 0.1) is 16.4 Å². The summed E-state index contributed by atoms with van der Waals surface area (Å²) < 4.78 is 0. The number of nitrogens with zero attached hydrogens (tertiary/aromatic N) is 1. The van der Waals surface area contributed by atoms with Crippen LogP contribution in [-0.4, -0.2) is 4.98 Å². The zero-order valence-electron chi connectivity index (χ0n) is 8.31. The molecule has 0 spiro atoms. The molecule has 0 saturated carbocycles. The Morgan fingerprint density at radius 3 is 2.81 bits per heavy atom. The third-order valence-electron chi connectivity index (χ3n) is 1.93. The predicted molar refractivity (Wildman–Crippen MR) is 72.0 cm³/mol. The lowest BCUT2D eigenvalue weighted by Crippen LogP contribution is -1.87. The van der Waals surface area contributed by atoms with E-state index in [1.165, 1.54) is 11.3 Å². The maximum absolute atomic E-state index is 5.93. The van der Waals surface area contributed by atoms with Crippen LogP contribution < -0.4 is 11.5 Å². The molecule has 0 fully saturated rings. The number of nitrogens with two attached hydrogens (primary N) is 2. The van der Waals surface area contributed by atoms with Crippen molar-refractivity contribution >= 4 is 45.5 Å². The second-order valence-electron chi connectivity index (χ2n) is 3.15. The highest BCUT2D eigenvalue weighted by atomic mass is 35.5. The van der Waals surface area contributed by atoms with Gasteiger partial charge in [-0.15, -0.1) is 23.1 Å². The molecule has 84 valence electrons. The number of thiazole rings is 1. The van der Waals surface area contributed by atoms with Crippen molar-refractivity contribution in [2.75, 3.05) is 11.5 Å². The summed E-state index contributed by atoms with van der Waals surface area (Å²) in [5.41, 5.74) is 12.8. The maximum Gasteiger partial charge on any atom is 0.180 e. The van der Waals surface area contributed by atoms with Gasteiger partial charge < -0.3 is 11.5 Å². The lowest BCUT2D eigenvalue weighted by atomic mass is 10.3. The average Bonchev–Trinajstić information content (AvgIpc) is 2.66. The van der Waals surface area contributed by atoms with Crippen LogP contribution >= 0.6 is 34.7 Å². The zero-order chi connectivity index (χ0) is 11.5. The standard InChI is InChI=1S/C10H10ClN3S2/c11-8-3-7(1-2-9(8)12)15-4-6-5-16-10(13)14-6/h1-3,5H,4,12H2,(H2,13,14). The molecule has 0 amide bonds. The summed E-state index contributed by atoms with van der Waals surface area (Å²) in [6.45, 7) is 0. The van der Waals surface area contributed by atoms with Crippen LogP contribution in [0.15, 0.2) is 28.5 Å². The highest BCUT2D eigenvalue weighted by Crippen LogP contribution is 2.29. The van der Waals surface area contributed by atoms with Crippen LogP contribution in [0, 0.1) is 0 Å². The van der Waals surface area contributed by atoms with E-state index in [2.05, 4.69) is 4.98 Å². The Morgan fingerprint density at radius 1 is 1.38 bits per heavy atom. The van der Waals surface area contributed by atoms with Crippen molar-refractivity contribution in [2.45, 2.75) is 10.6 Å². The number of hydrogen-bond acceptors (Lipinski definition) is 5. The van der Waals surface area contributed by atoms with Crippen molar-refractivity contribution < 1.29 is 0 Å². The third kappa shape index (κ3) is 2.81. The van der Waals surface area contributed by atoms with Gasteiger partial charge in [0.2, 0.25) is 0 Å². The van der Waals surface area contributed by atoms with E-state index in [4.69, 9.17) is 23.1 Å². The first-order valence-electron chi connectivity index (χ1n) is 4.53. The Bertz CT molecular complexity index is 499. The van der Waals surface area contributed by atoms with Gasteiger partial charge in [-0.1, -0.05) is 11.6 Å². The van der Waals surface area contributed by atoms with Crippen LogP contribution in [0.1, 0.15) is 5.69 Å². The van der Waals surface area contributed by atoms with E-state index in [1.54, 1.807) is 17.8 Å². The van der Waals surface area contributed by atoms with Crippen LogP contribution in [0.3, 0.4) is 0 Å². The summed E-state index contributed by atoms with van der Waals surface area (Å²) in [5.74, 6) is 0.786. The first kappa shape index (κ1) is 11.6. The number of aromatic nitrogens is 1. The van der Waals surface area contributed by atoms with Crippen molar-refractivity contribution in [3.05, 3.63) is 34.3 Å². The minimum Gasteiger partial charge on any atom is -0.398 e. The molecule has 0 bridgehead atoms. The van der Waals surface area contributed by atoms with E-state index in [0.717, 1.165) is 16.3 Å². The van der Waals surface area contributed by atoms with Gasteiger partial charge >= 0.3 is 0 Å². The van der Waals surface area contributed by atoms with Gasteiger partial charge in [0, 0.05) is 16.0 Å². The number of rotatable bonds is 3. The average molecular weight is 272 g/mol. The van der Waals surface area contributed by atoms with Gasteiger partial charge in [0.25, 0.3) is 0 Å². The van der Waals surface area contributed by atoms with Crippen molar-refractivity contribution in [1.29, 1.82) is 0 Å². The smallest absolute Gasteiger partial charge is 0.180 e. The fraction of sp³-hybridized carbons (Fsp3) is 0.100. The maximum atomic E-state index is 5.93. The quantitative estimate of drug-likeness (QED) is 0.664. The predicted octanol–water partition coefficient (Wildman–Crippen LogP) is 3.25. The van der Waals surface area contributed by atoms with Crippen LogP contribution in [0.2, 0.25) is 5.02 Å². The van der Waals surface area contributed by atoms with Gasteiger partial charge in [-0.25, -0.2) is 4.98 Å². The van der Waals surface area contributed by atoms with Gasteiger partial charge in [-0.3, -0.25) is 0 Å². The fourth-order valence-electron chi connectivity index (χ4n) is 1.14. The van der Waals surface area contributed by atoms with Gasteiger partial charge in [-0.2, -0.15) is 0 Å². The molecule has 3 nitrogen and oxygen atoms in total. The van der Waals surface area contributed by atoms with Gasteiger partial charge in [0.1, 0.15) is 0 Å². The summed E-state index contributed by atoms with van der Waals surface area (Å²) >= 11 is 9.04. The fourth-order valence-corrected chi connectivity index (χ4v) is 2.89. The SMILES string of the molecule is Nc1nc(CSc2ccc(N)c(Cl)c2)cs1. The highest BCUT2D eigenvalue weighted by molar-refractivity contribution is 7.98. The van der Waals surface area contributed by atoms with E-state index >= 15 is 0 Å². The second-order valence-corrected chi connectivity index (χ2v) is 5.49. The molecule has 0 unspecified atom stereocenters. The zero-order valence-corrected chi connectivity index (χ0v) is 10.7. The minimum atomic E-state index is 0.586. The topological polar surface area (TPSA) is 64.9 Å². The summed E-state index contributed by atoms with van der Waals surface area (Å²) in [7, 11) is 0. The van der Waals surface area contributed by atoms with Crippen molar-refractivity contribution in [2.24, 2.45) is 0 Å². The first-order chi connectivity index (χ1) is 7.65. The summed E-state index contributed by atoms with van der Waals surface area (Å²) in [6.07, 6.45) is 0. The molecule has 4 N–H and O–H groups in total. The number of nitrogen functional groups attached to an aromatic ring is 2. The van der Waals surface area contributed by atoms with Crippen LogP contribution in [0.5, 0.6) is 0 Å². The van der Waals surface area contributed by atoms with E-state index < -0.39 is 0 Å². The van der Waals surface area contributed by atoms with Crippen molar-refractivity contribution in [1.82, 2.24) is 4.98 Å². The Kier molecular flexibility index (Phi) is 3.58. The molecule has 0 saturated heterocycles. The number of hydrogen-bond donors (Lipinski definition) is 2.